The van der Waals surface area contributed by atoms with Gasteiger partial charge in [0.25, 0.3) is 0 Å². The topological polar surface area (TPSA) is 76.1 Å². The van der Waals surface area contributed by atoms with E-state index < -0.39 is 0 Å². The van der Waals surface area contributed by atoms with Crippen molar-refractivity contribution in [1.82, 2.24) is 9.97 Å². The molecular weight excluding hydrogens is 340 g/mol. The number of nitrogens with zero attached hydrogens (tertiary/aromatic N) is 2. The number of aromatic nitrogens is 2. The molecule has 0 atom stereocenters. The van der Waals surface area contributed by atoms with E-state index in [0.717, 1.165) is 5.56 Å². The zero-order valence-corrected chi connectivity index (χ0v) is 15.4. The van der Waals surface area contributed by atoms with Crippen molar-refractivity contribution < 1.29 is 9.53 Å². The number of anilines is 3. The average molecular weight is 362 g/mol. The highest BCUT2D eigenvalue weighted by Gasteiger charge is 2.12. The Balaban J connectivity index is 1.72. The number of rotatable bonds is 7. The fourth-order valence-electron chi connectivity index (χ4n) is 2.63. The van der Waals surface area contributed by atoms with E-state index in [4.69, 9.17) is 4.74 Å². The molecule has 0 bridgehead atoms. The molecule has 138 valence electrons. The van der Waals surface area contributed by atoms with E-state index >= 15 is 0 Å². The lowest BCUT2D eigenvalue weighted by Crippen LogP contribution is -2.09. The molecule has 0 unspecified atom stereocenters. The number of hydrogen-bond donors (Lipinski definition) is 2. The molecule has 0 spiro atoms. The van der Waals surface area contributed by atoms with Crippen LogP contribution in [0.5, 0.6) is 0 Å². The Bertz CT molecular complexity index is 927. The Kier molecular flexibility index (Phi) is 5.99. The van der Waals surface area contributed by atoms with Gasteiger partial charge in [0.05, 0.1) is 17.9 Å². The quantitative estimate of drug-likeness (QED) is 0.610. The highest BCUT2D eigenvalue weighted by atomic mass is 16.5. The monoisotopic (exact) mass is 362 g/mol. The van der Waals surface area contributed by atoms with Gasteiger partial charge in [-0.1, -0.05) is 42.0 Å². The summed E-state index contributed by atoms with van der Waals surface area (Å²) in [5.41, 5.74) is 3.47. The summed E-state index contributed by atoms with van der Waals surface area (Å²) in [5.74, 6) is 0.732. The van der Waals surface area contributed by atoms with Gasteiger partial charge in [0.2, 0.25) is 5.95 Å². The lowest BCUT2D eigenvalue weighted by molar-refractivity contribution is 0.0527. The van der Waals surface area contributed by atoms with Gasteiger partial charge in [0.1, 0.15) is 5.82 Å². The molecule has 0 aliphatic rings. The van der Waals surface area contributed by atoms with Crippen LogP contribution >= 0.6 is 0 Å². The van der Waals surface area contributed by atoms with Crippen LogP contribution in [-0.4, -0.2) is 22.5 Å². The minimum absolute atomic E-state index is 0.327. The smallest absolute Gasteiger partial charge is 0.340 e. The second kappa shape index (κ2) is 8.80. The first-order chi connectivity index (χ1) is 13.2. The van der Waals surface area contributed by atoms with Gasteiger partial charge in [-0.15, -0.1) is 0 Å². The molecule has 3 rings (SSSR count). The summed E-state index contributed by atoms with van der Waals surface area (Å²) in [7, 11) is 0. The number of para-hydroxylation sites is 1. The number of benzene rings is 2. The molecule has 2 aromatic carbocycles. The first-order valence-electron chi connectivity index (χ1n) is 8.81. The highest BCUT2D eigenvalue weighted by Crippen LogP contribution is 2.21. The number of hydrogen-bond acceptors (Lipinski definition) is 6. The van der Waals surface area contributed by atoms with Crippen molar-refractivity contribution in [2.24, 2.45) is 0 Å². The van der Waals surface area contributed by atoms with Crippen LogP contribution in [0.25, 0.3) is 0 Å². The van der Waals surface area contributed by atoms with E-state index in [2.05, 4.69) is 45.7 Å². The van der Waals surface area contributed by atoms with E-state index in [1.165, 1.54) is 5.56 Å². The number of aryl methyl sites for hydroxylation is 1. The predicted octanol–water partition coefficient (Wildman–Crippen LogP) is 4.32. The maximum Gasteiger partial charge on any atom is 0.340 e. The molecule has 3 aromatic rings. The van der Waals surface area contributed by atoms with Crippen LogP contribution < -0.4 is 10.6 Å². The van der Waals surface area contributed by atoms with Gasteiger partial charge in [-0.05, 0) is 37.6 Å². The van der Waals surface area contributed by atoms with Crippen molar-refractivity contribution in [2.75, 3.05) is 17.2 Å². The first kappa shape index (κ1) is 18.4. The first-order valence-corrected chi connectivity index (χ1v) is 8.81. The second-order valence-corrected chi connectivity index (χ2v) is 6.00. The normalized spacial score (nSPS) is 10.3. The lowest BCUT2D eigenvalue weighted by Gasteiger charge is -2.12. The molecule has 27 heavy (non-hydrogen) atoms. The van der Waals surface area contributed by atoms with Crippen LogP contribution in [0, 0.1) is 6.92 Å². The maximum absolute atomic E-state index is 12.1. The van der Waals surface area contributed by atoms with E-state index in [0.29, 0.717) is 36.2 Å². The molecule has 6 heteroatoms. The third-order valence-corrected chi connectivity index (χ3v) is 3.87. The maximum atomic E-state index is 12.1. The molecule has 0 radical (unpaired) electrons. The third kappa shape index (κ3) is 5.04. The van der Waals surface area contributed by atoms with Gasteiger partial charge in [-0.3, -0.25) is 0 Å². The van der Waals surface area contributed by atoms with Crippen molar-refractivity contribution in [3.8, 4) is 0 Å². The number of carbonyl (C=O) groups is 1. The van der Waals surface area contributed by atoms with E-state index in [1.54, 1.807) is 31.3 Å². The SMILES string of the molecule is CCOC(=O)c1ccccc1Nc1ccnc(NCc2cccc(C)c2)n1. The second-order valence-electron chi connectivity index (χ2n) is 6.00. The van der Waals surface area contributed by atoms with E-state index in [1.807, 2.05) is 18.2 Å². The van der Waals surface area contributed by atoms with Crippen molar-refractivity contribution in [2.45, 2.75) is 20.4 Å². The minimum Gasteiger partial charge on any atom is -0.462 e. The summed E-state index contributed by atoms with van der Waals surface area (Å²) in [5, 5.41) is 6.39. The number of esters is 1. The zero-order valence-electron chi connectivity index (χ0n) is 15.4. The summed E-state index contributed by atoms with van der Waals surface area (Å²) in [6, 6.07) is 17.2. The summed E-state index contributed by atoms with van der Waals surface area (Å²) in [4.78, 5) is 20.8. The molecule has 0 saturated heterocycles. The summed E-state index contributed by atoms with van der Waals surface area (Å²) >= 11 is 0. The van der Waals surface area contributed by atoms with Crippen LogP contribution in [0.4, 0.5) is 17.5 Å². The molecule has 6 nitrogen and oxygen atoms in total. The van der Waals surface area contributed by atoms with Gasteiger partial charge < -0.3 is 15.4 Å². The van der Waals surface area contributed by atoms with Gasteiger partial charge in [-0.25, -0.2) is 9.78 Å². The molecule has 0 fully saturated rings. The Morgan fingerprint density at radius 2 is 1.96 bits per heavy atom. The number of nitrogens with one attached hydrogen (secondary N) is 2. The Morgan fingerprint density at radius 3 is 2.78 bits per heavy atom. The van der Waals surface area contributed by atoms with Crippen molar-refractivity contribution in [3.63, 3.8) is 0 Å². The lowest BCUT2D eigenvalue weighted by atomic mass is 10.1. The fourth-order valence-corrected chi connectivity index (χ4v) is 2.63. The van der Waals surface area contributed by atoms with Crippen LogP contribution in [0.1, 0.15) is 28.4 Å². The molecule has 1 heterocycles. The molecule has 2 N–H and O–H groups in total. The van der Waals surface area contributed by atoms with Crippen molar-refractivity contribution in [3.05, 3.63) is 77.5 Å². The largest absolute Gasteiger partial charge is 0.462 e. The van der Waals surface area contributed by atoms with Crippen molar-refractivity contribution >= 4 is 23.4 Å². The summed E-state index contributed by atoms with van der Waals surface area (Å²) in [6.07, 6.45) is 1.67. The average Bonchev–Trinajstić information content (AvgIpc) is 2.67. The molecule has 0 aliphatic carbocycles. The Hall–Kier alpha value is -3.41. The fraction of sp³-hybridized carbons (Fsp3) is 0.190. The Labute approximate surface area is 158 Å². The van der Waals surface area contributed by atoms with E-state index in [-0.39, 0.29) is 5.97 Å². The zero-order chi connectivity index (χ0) is 19.1. The van der Waals surface area contributed by atoms with Gasteiger partial charge in [0, 0.05) is 12.7 Å². The van der Waals surface area contributed by atoms with Crippen LogP contribution in [0.15, 0.2) is 60.8 Å². The van der Waals surface area contributed by atoms with Gasteiger partial charge >= 0.3 is 5.97 Å². The Morgan fingerprint density at radius 1 is 1.11 bits per heavy atom. The molecule has 0 amide bonds. The van der Waals surface area contributed by atoms with Crippen LogP contribution in [0.2, 0.25) is 0 Å². The minimum atomic E-state index is -0.368. The van der Waals surface area contributed by atoms with E-state index in [9.17, 15) is 4.79 Å². The van der Waals surface area contributed by atoms with Gasteiger partial charge in [-0.2, -0.15) is 4.98 Å². The van der Waals surface area contributed by atoms with Crippen LogP contribution in [0.3, 0.4) is 0 Å². The molecule has 0 saturated carbocycles. The standard InChI is InChI=1S/C21H22N4O2/c1-3-27-20(26)17-9-4-5-10-18(17)24-19-11-12-22-21(25-19)23-14-16-8-6-7-15(2)13-16/h4-13H,3,14H2,1-2H3,(H2,22,23,24,25). The third-order valence-electron chi connectivity index (χ3n) is 3.87. The van der Waals surface area contributed by atoms with Crippen molar-refractivity contribution in [1.29, 1.82) is 0 Å². The molecule has 1 aromatic heterocycles. The summed E-state index contributed by atoms with van der Waals surface area (Å²) < 4.78 is 5.10. The number of ether oxygens (including phenoxy) is 1. The number of carbonyl (C=O) groups excluding carboxylic acids is 1. The molecular formula is C21H22N4O2. The van der Waals surface area contributed by atoms with Crippen LogP contribution in [-0.2, 0) is 11.3 Å². The summed E-state index contributed by atoms with van der Waals surface area (Å²) in [6.45, 7) is 4.80. The predicted molar refractivity (Wildman–Crippen MR) is 106 cm³/mol. The van der Waals surface area contributed by atoms with Gasteiger partial charge in [0.15, 0.2) is 0 Å². The highest BCUT2D eigenvalue weighted by molar-refractivity contribution is 5.96. The molecule has 0 aliphatic heterocycles.